The van der Waals surface area contributed by atoms with Gasteiger partial charge < -0.3 is 34.0 Å². The molecule has 1 spiro atoms. The minimum absolute atomic E-state index is 0.114. The van der Waals surface area contributed by atoms with Crippen molar-refractivity contribution in [3.05, 3.63) is 61.2 Å². The lowest BCUT2D eigenvalue weighted by Crippen LogP contribution is -2.60. The summed E-state index contributed by atoms with van der Waals surface area (Å²) >= 11 is 3.76. The van der Waals surface area contributed by atoms with Crippen molar-refractivity contribution in [2.45, 2.75) is 80.8 Å². The molecule has 1 N–H and O–H groups in total. The number of esters is 1. The molecule has 4 saturated heterocycles. The van der Waals surface area contributed by atoms with Crippen LogP contribution in [0.3, 0.4) is 0 Å². The number of amides is 3. The number of alkyl halides is 1. The quantitative estimate of drug-likeness (QED) is 0.144. The van der Waals surface area contributed by atoms with Crippen molar-refractivity contribution in [1.29, 1.82) is 0 Å². The summed E-state index contributed by atoms with van der Waals surface area (Å²) in [6.45, 7) is 17.0. The topological polar surface area (TPSA) is 129 Å². The van der Waals surface area contributed by atoms with Crippen molar-refractivity contribution in [2.75, 3.05) is 59.6 Å². The van der Waals surface area contributed by atoms with Gasteiger partial charge in [0.15, 0.2) is 0 Å². The van der Waals surface area contributed by atoms with Crippen LogP contribution in [0, 0.1) is 17.8 Å². The number of nitrogens with zero attached hydrogens (tertiary/aromatic N) is 4. The van der Waals surface area contributed by atoms with Crippen molar-refractivity contribution in [1.82, 2.24) is 19.6 Å². The molecule has 4 aliphatic rings. The highest BCUT2D eigenvalue weighted by Crippen LogP contribution is 2.61. The lowest BCUT2D eigenvalue weighted by atomic mass is 9.70. The number of hydrogen-bond donors (Lipinski definition) is 1. The molecule has 12 nitrogen and oxygen atoms in total. The van der Waals surface area contributed by atoms with Crippen LogP contribution in [0.5, 0.6) is 0 Å². The summed E-state index contributed by atoms with van der Waals surface area (Å²) in [6.07, 6.45) is 2.90. The second-order valence-corrected chi connectivity index (χ2v) is 15.9. The number of likely N-dealkylation sites (tertiary alicyclic amines) is 1. The Morgan fingerprint density at radius 1 is 1.13 bits per heavy atom. The van der Waals surface area contributed by atoms with Gasteiger partial charge in [-0.1, -0.05) is 72.3 Å². The van der Waals surface area contributed by atoms with E-state index in [0.29, 0.717) is 44.7 Å². The Balaban J connectivity index is 1.49. The van der Waals surface area contributed by atoms with E-state index in [1.165, 1.54) is 4.90 Å². The standard InChI is InChI=1S/C39H55BrN4O8/c1-7-9-15-30(46)41(6)26(5)33(27-13-11-10-12-14-27)51-38(49)31-32-36(47)44(29(24-45)25(3)4)35(39(32)23-28(40)34(31)52-39)37(48)43(16-8-2)18-17-42-19-21-50-22-20-42/h7-8,10-14,25-26,28-29,31-35,45H,1-2,9,15-24H2,3-6H3/t26-,28?,29+,31+,32-,33+,34+,35+,39-/m1/s1. The number of morpholine rings is 1. The van der Waals surface area contributed by atoms with E-state index in [4.69, 9.17) is 14.2 Å². The summed E-state index contributed by atoms with van der Waals surface area (Å²) in [5.74, 6) is -3.68. The van der Waals surface area contributed by atoms with Crippen LogP contribution in [0.2, 0.25) is 0 Å². The molecule has 1 unspecified atom stereocenters. The summed E-state index contributed by atoms with van der Waals surface area (Å²) in [7, 11) is 1.69. The van der Waals surface area contributed by atoms with E-state index < -0.39 is 59.6 Å². The number of fused-ring (bicyclic) bond motifs is 1. The minimum atomic E-state index is -1.33. The molecule has 0 aliphatic carbocycles. The Morgan fingerprint density at radius 3 is 2.44 bits per heavy atom. The Morgan fingerprint density at radius 2 is 1.83 bits per heavy atom. The van der Waals surface area contributed by atoms with Gasteiger partial charge in [0.25, 0.3) is 0 Å². The van der Waals surface area contributed by atoms with E-state index in [1.807, 2.05) is 51.1 Å². The minimum Gasteiger partial charge on any atom is -0.455 e. The first-order valence-corrected chi connectivity index (χ1v) is 19.4. The number of carbonyl (C=O) groups is 4. The molecule has 0 radical (unpaired) electrons. The second kappa shape index (κ2) is 17.4. The molecule has 0 aromatic heterocycles. The van der Waals surface area contributed by atoms with Crippen LogP contribution in [-0.4, -0.2) is 143 Å². The summed E-state index contributed by atoms with van der Waals surface area (Å²) in [5.41, 5.74) is -0.628. The van der Waals surface area contributed by atoms with Crippen LogP contribution < -0.4 is 0 Å². The zero-order valence-corrected chi connectivity index (χ0v) is 32.5. The Hall–Kier alpha value is -3.10. The van der Waals surface area contributed by atoms with Crippen molar-refractivity contribution < 1.29 is 38.5 Å². The number of carbonyl (C=O) groups excluding carboxylic acids is 4. The van der Waals surface area contributed by atoms with E-state index in [2.05, 4.69) is 34.0 Å². The Bertz CT molecular complexity index is 1460. The highest BCUT2D eigenvalue weighted by Gasteiger charge is 2.77. The van der Waals surface area contributed by atoms with Crippen molar-refractivity contribution in [3.8, 4) is 0 Å². The molecule has 52 heavy (non-hydrogen) atoms. The third kappa shape index (κ3) is 7.75. The molecule has 13 heteroatoms. The van der Waals surface area contributed by atoms with E-state index >= 15 is 0 Å². The number of aliphatic hydroxyl groups is 1. The molecule has 0 saturated carbocycles. The van der Waals surface area contributed by atoms with Gasteiger partial charge in [-0.2, -0.15) is 0 Å². The van der Waals surface area contributed by atoms with Crippen LogP contribution in [0.25, 0.3) is 0 Å². The summed E-state index contributed by atoms with van der Waals surface area (Å²) in [4.78, 5) is 64.1. The molecule has 4 heterocycles. The average Bonchev–Trinajstić information content (AvgIpc) is 3.74. The summed E-state index contributed by atoms with van der Waals surface area (Å²) < 4.78 is 18.6. The average molecular weight is 788 g/mol. The predicted octanol–water partition coefficient (Wildman–Crippen LogP) is 3.20. The van der Waals surface area contributed by atoms with Crippen LogP contribution in [-0.2, 0) is 33.4 Å². The third-order valence-electron chi connectivity index (χ3n) is 11.4. The molecule has 1 aromatic carbocycles. The van der Waals surface area contributed by atoms with Gasteiger partial charge >= 0.3 is 5.97 Å². The molecular weight excluding hydrogens is 732 g/mol. The van der Waals surface area contributed by atoms with Gasteiger partial charge in [-0.15, -0.1) is 13.2 Å². The van der Waals surface area contributed by atoms with Gasteiger partial charge in [-0.3, -0.25) is 24.1 Å². The maximum Gasteiger partial charge on any atom is 0.313 e. The third-order valence-corrected chi connectivity index (χ3v) is 12.2. The smallest absolute Gasteiger partial charge is 0.313 e. The molecule has 9 atom stereocenters. The monoisotopic (exact) mass is 786 g/mol. The van der Waals surface area contributed by atoms with Crippen molar-refractivity contribution in [3.63, 3.8) is 0 Å². The number of aliphatic hydroxyl groups excluding tert-OH is 1. The molecule has 3 amide bonds. The van der Waals surface area contributed by atoms with Crippen LogP contribution in [0.4, 0.5) is 0 Å². The Labute approximate surface area is 316 Å². The zero-order valence-electron chi connectivity index (χ0n) is 30.9. The van der Waals surface area contributed by atoms with Crippen LogP contribution in [0.15, 0.2) is 55.6 Å². The van der Waals surface area contributed by atoms with E-state index in [1.54, 1.807) is 29.0 Å². The first-order chi connectivity index (χ1) is 24.9. The SMILES string of the molecule is C=CCCC(=O)N(C)[C@H](C)[C@H](OC(=O)[C@@H]1[C@H]2O[C@@]3(CC2Br)[C@H](C(=O)N(CC=C)CCN2CCOCC2)N([C@@H](CO)C(C)C)C(=O)[C@@H]13)c1ccccc1. The van der Waals surface area contributed by atoms with Crippen molar-refractivity contribution >= 4 is 39.6 Å². The number of hydrogen-bond acceptors (Lipinski definition) is 9. The number of rotatable bonds is 17. The highest BCUT2D eigenvalue weighted by molar-refractivity contribution is 9.09. The number of allylic oxidation sites excluding steroid dienone is 1. The van der Waals surface area contributed by atoms with Gasteiger partial charge in [0.05, 0.1) is 49.8 Å². The Kier molecular flexibility index (Phi) is 13.4. The molecule has 4 fully saturated rings. The fourth-order valence-electron chi connectivity index (χ4n) is 8.42. The molecule has 5 rings (SSSR count). The highest BCUT2D eigenvalue weighted by atomic mass is 79.9. The van der Waals surface area contributed by atoms with Crippen LogP contribution in [0.1, 0.15) is 51.7 Å². The molecule has 2 bridgehead atoms. The number of likely N-dealkylation sites (N-methyl/N-ethyl adjacent to an activating group) is 1. The van der Waals surface area contributed by atoms with E-state index in [9.17, 15) is 24.3 Å². The van der Waals surface area contributed by atoms with Gasteiger partial charge in [0.2, 0.25) is 17.7 Å². The fourth-order valence-corrected chi connectivity index (χ4v) is 9.37. The van der Waals surface area contributed by atoms with Gasteiger partial charge in [0, 0.05) is 51.0 Å². The maximum atomic E-state index is 14.9. The number of halogens is 1. The lowest BCUT2D eigenvalue weighted by molar-refractivity contribution is -0.165. The second-order valence-electron chi connectivity index (χ2n) is 14.8. The molecule has 4 aliphatic heterocycles. The number of ether oxygens (including phenoxy) is 3. The first-order valence-electron chi connectivity index (χ1n) is 18.5. The van der Waals surface area contributed by atoms with E-state index in [-0.39, 0.29) is 42.1 Å². The molecule has 1 aromatic rings. The van der Waals surface area contributed by atoms with Crippen molar-refractivity contribution in [2.24, 2.45) is 17.8 Å². The normalized spacial score (nSPS) is 28.6. The maximum absolute atomic E-state index is 14.9. The predicted molar refractivity (Wildman–Crippen MR) is 199 cm³/mol. The van der Waals surface area contributed by atoms with Gasteiger partial charge in [0.1, 0.15) is 17.7 Å². The largest absolute Gasteiger partial charge is 0.455 e. The number of benzene rings is 1. The van der Waals surface area contributed by atoms with Gasteiger partial charge in [-0.05, 0) is 31.2 Å². The van der Waals surface area contributed by atoms with Gasteiger partial charge in [-0.25, -0.2) is 0 Å². The fraction of sp³-hybridized carbons (Fsp3) is 0.641. The lowest BCUT2D eigenvalue weighted by Gasteiger charge is -2.41. The first kappa shape index (κ1) is 40.1. The molecule has 286 valence electrons. The summed E-state index contributed by atoms with van der Waals surface area (Å²) in [6, 6.07) is 6.94. The van der Waals surface area contributed by atoms with Crippen LogP contribution >= 0.6 is 15.9 Å². The van der Waals surface area contributed by atoms with E-state index in [0.717, 1.165) is 13.1 Å². The summed E-state index contributed by atoms with van der Waals surface area (Å²) in [5, 5.41) is 10.7. The zero-order chi connectivity index (χ0) is 37.7. The molecular formula is C39H55BrN4O8.